The smallest absolute Gasteiger partial charge is 0.329 e. The molecule has 0 atom stereocenters. The Balaban J connectivity index is 6.01. The number of rotatable bonds is 17. The van der Waals surface area contributed by atoms with Crippen molar-refractivity contribution in [1.82, 2.24) is 16.1 Å². The lowest BCUT2D eigenvalue weighted by atomic mass is 9.91. The molecule has 0 saturated carbocycles. The molecule has 5 N–H and O–H groups in total. The zero-order valence-corrected chi connectivity index (χ0v) is 19.2. The van der Waals surface area contributed by atoms with Gasteiger partial charge in [0.15, 0.2) is 0 Å². The lowest BCUT2D eigenvalue weighted by Gasteiger charge is -2.42. The van der Waals surface area contributed by atoms with Gasteiger partial charge in [-0.2, -0.15) is 92.8 Å². The first-order chi connectivity index (χ1) is 17.1. The van der Waals surface area contributed by atoms with Crippen LogP contribution in [0.15, 0.2) is 0 Å². The summed E-state index contributed by atoms with van der Waals surface area (Å²) in [4.78, 5) is 0. The van der Waals surface area contributed by atoms with Crippen LogP contribution in [-0.2, 0) is 14.4 Å². The van der Waals surface area contributed by atoms with E-state index >= 15 is 0 Å². The van der Waals surface area contributed by atoms with Gasteiger partial charge in [-0.3, -0.25) is 0 Å². The number of hydroxylamine groups is 1. The summed E-state index contributed by atoms with van der Waals surface area (Å²) >= 11 is 0. The molecule has 25 heteroatoms. The normalized spacial score (nSPS) is 15.6. The van der Waals surface area contributed by atoms with Gasteiger partial charge in [0.2, 0.25) is 0 Å². The van der Waals surface area contributed by atoms with Crippen molar-refractivity contribution in [2.45, 2.75) is 47.0 Å². The molecule has 236 valence electrons. The number of halogens is 17. The van der Waals surface area contributed by atoms with Crippen molar-refractivity contribution in [3.8, 4) is 0 Å². The van der Waals surface area contributed by atoms with E-state index in [-0.39, 0.29) is 19.6 Å². The average molecular weight is 644 g/mol. The first-order valence-corrected chi connectivity index (χ1v) is 11.0. The van der Waals surface area contributed by atoms with Crippen molar-refractivity contribution in [3.63, 3.8) is 0 Å². The number of alkyl halides is 17. The summed E-state index contributed by atoms with van der Waals surface area (Å²) in [5.41, 5.74) is 6.09. The highest BCUT2D eigenvalue weighted by molar-refractivity contribution is 7.87. The zero-order valence-electron chi connectivity index (χ0n) is 18.4. The Morgan fingerprint density at radius 1 is 0.513 bits per heavy atom. The van der Waals surface area contributed by atoms with Gasteiger partial charge in [0.05, 0.1) is 0 Å². The summed E-state index contributed by atoms with van der Waals surface area (Å²) in [6.07, 6.45) is -7.89. The molecule has 0 aliphatic heterocycles. The second-order valence-electron chi connectivity index (χ2n) is 7.18. The number of nitrogens with one attached hydrogen (secondary N) is 3. The molecule has 0 aliphatic rings. The molecule has 0 spiro atoms. The van der Waals surface area contributed by atoms with E-state index in [2.05, 4.69) is 14.9 Å². The van der Waals surface area contributed by atoms with E-state index < -0.39 is 70.2 Å². The van der Waals surface area contributed by atoms with Crippen LogP contribution in [0.2, 0.25) is 0 Å². The van der Waals surface area contributed by atoms with Crippen molar-refractivity contribution in [3.05, 3.63) is 0 Å². The maximum atomic E-state index is 13.8. The second kappa shape index (κ2) is 11.8. The third-order valence-corrected chi connectivity index (χ3v) is 5.60. The molecule has 0 heterocycles. The van der Waals surface area contributed by atoms with Crippen LogP contribution in [0.5, 0.6) is 0 Å². The lowest BCUT2D eigenvalue weighted by molar-refractivity contribution is -0.458. The van der Waals surface area contributed by atoms with Gasteiger partial charge >= 0.3 is 57.1 Å². The van der Waals surface area contributed by atoms with Crippen LogP contribution in [0.3, 0.4) is 0 Å². The number of hydrogen-bond acceptors (Lipinski definition) is 7. The maximum absolute atomic E-state index is 13.8. The summed E-state index contributed by atoms with van der Waals surface area (Å²) in [7, 11) is -7.62. The molecule has 0 rings (SSSR count). The summed E-state index contributed by atoms with van der Waals surface area (Å²) in [6, 6.07) is 0. The van der Waals surface area contributed by atoms with Crippen LogP contribution >= 0.6 is 0 Å². The van der Waals surface area contributed by atoms with Gasteiger partial charge in [0, 0.05) is 39.3 Å². The molecular formula is C14H17F17N4O3S. The molecule has 0 aromatic rings. The molecule has 0 aromatic heterocycles. The Labute approximate surface area is 206 Å². The van der Waals surface area contributed by atoms with Crippen molar-refractivity contribution in [1.29, 1.82) is 0 Å². The molecule has 0 amide bonds. The monoisotopic (exact) mass is 644 g/mol. The Morgan fingerprint density at radius 3 is 1.23 bits per heavy atom. The van der Waals surface area contributed by atoms with Crippen LogP contribution in [0.1, 0.15) is 0 Å². The minimum absolute atomic E-state index is 0.0657. The van der Waals surface area contributed by atoms with E-state index in [1.807, 2.05) is 0 Å². The fourth-order valence-corrected chi connectivity index (χ4v) is 2.93. The topological polar surface area (TPSA) is 105 Å². The highest BCUT2D eigenvalue weighted by Crippen LogP contribution is 2.64. The molecule has 7 nitrogen and oxygen atoms in total. The molecule has 0 fully saturated rings. The fourth-order valence-electron chi connectivity index (χ4n) is 2.15. The summed E-state index contributed by atoms with van der Waals surface area (Å²) < 4.78 is 249. The zero-order chi connectivity index (χ0) is 31.6. The number of nitrogens with two attached hydrogens (primary N) is 1. The quantitative estimate of drug-likeness (QED) is 0.110. The van der Waals surface area contributed by atoms with Crippen LogP contribution in [-0.4, -0.2) is 94.7 Å². The molecule has 0 radical (unpaired) electrons. The van der Waals surface area contributed by atoms with E-state index in [1.54, 1.807) is 0 Å². The second-order valence-corrected chi connectivity index (χ2v) is 8.77. The van der Waals surface area contributed by atoms with E-state index in [0.29, 0.717) is 6.54 Å². The van der Waals surface area contributed by atoms with Gasteiger partial charge < -0.3 is 16.4 Å². The Kier molecular flexibility index (Phi) is 11.4. The minimum atomic E-state index is -8.89. The molecular weight excluding hydrogens is 627 g/mol. The molecule has 0 aromatic carbocycles. The summed E-state index contributed by atoms with van der Waals surface area (Å²) in [5.74, 6) is -51.9. The van der Waals surface area contributed by atoms with Gasteiger partial charge in [0.25, 0.3) is 0 Å². The van der Waals surface area contributed by atoms with Crippen molar-refractivity contribution in [2.75, 3.05) is 39.3 Å². The Morgan fingerprint density at radius 2 is 0.846 bits per heavy atom. The van der Waals surface area contributed by atoms with E-state index in [9.17, 15) is 83.1 Å². The van der Waals surface area contributed by atoms with Crippen LogP contribution < -0.4 is 21.8 Å². The largest absolute Gasteiger partial charge is 0.460 e. The summed E-state index contributed by atoms with van der Waals surface area (Å²) in [6.45, 7) is -0.565. The van der Waals surface area contributed by atoms with Crippen molar-refractivity contribution in [2.24, 2.45) is 5.73 Å². The Hall–Kier alpha value is -1.44. The molecule has 39 heavy (non-hydrogen) atoms. The fraction of sp³-hybridized carbons (Fsp3) is 1.00. The summed E-state index contributed by atoms with van der Waals surface area (Å²) in [5, 5.41) is -2.62. The van der Waals surface area contributed by atoms with Crippen molar-refractivity contribution < 1.29 is 87.3 Å². The highest BCUT2D eigenvalue weighted by atomic mass is 32.2. The van der Waals surface area contributed by atoms with Crippen LogP contribution in [0.4, 0.5) is 74.6 Å². The van der Waals surface area contributed by atoms with Gasteiger partial charge in [-0.15, -0.1) is 0 Å². The Bertz CT molecular complexity index is 911. The third-order valence-electron chi connectivity index (χ3n) is 4.38. The van der Waals surface area contributed by atoms with Gasteiger partial charge in [-0.1, -0.05) is 0 Å². The highest BCUT2D eigenvalue weighted by Gasteiger charge is 2.96. The maximum Gasteiger partial charge on any atom is 0.460 e. The first kappa shape index (κ1) is 37.6. The standard InChI is InChI=1S/C14H17F17N4O3S/c15-7(16,9(19,20)11(23,24)13(27,28)29)8(17,18)10(21,22)12(25,26)14(30,31)39(36,37)38-35-6-5-34-4-3-33-2-1-32/h33-35H,1-6,32H2. The van der Waals surface area contributed by atoms with E-state index in [1.165, 1.54) is 0 Å². The minimum Gasteiger partial charge on any atom is -0.329 e. The molecule has 0 bridgehead atoms. The van der Waals surface area contributed by atoms with Crippen LogP contribution in [0.25, 0.3) is 0 Å². The van der Waals surface area contributed by atoms with Crippen molar-refractivity contribution >= 4 is 10.1 Å². The van der Waals surface area contributed by atoms with Gasteiger partial charge in [0.1, 0.15) is 0 Å². The van der Waals surface area contributed by atoms with Crippen LogP contribution in [0, 0.1) is 0 Å². The van der Waals surface area contributed by atoms with E-state index in [0.717, 1.165) is 5.48 Å². The SMILES string of the molecule is NCCNCCNCCNOS(=O)(=O)C(F)(F)C(F)(F)C(F)(F)C(F)(F)C(F)(F)C(F)(F)C(F)(F)C(F)(F)F. The first-order valence-electron chi connectivity index (χ1n) is 9.55. The van der Waals surface area contributed by atoms with E-state index in [4.69, 9.17) is 5.73 Å². The molecule has 0 unspecified atom stereocenters. The third kappa shape index (κ3) is 6.41. The average Bonchev–Trinajstić information content (AvgIpc) is 2.76. The predicted molar refractivity (Wildman–Crippen MR) is 93.5 cm³/mol. The molecule has 0 aliphatic carbocycles. The predicted octanol–water partition coefficient (Wildman–Crippen LogP) is 2.94. The van der Waals surface area contributed by atoms with Gasteiger partial charge in [-0.05, 0) is 0 Å². The van der Waals surface area contributed by atoms with Gasteiger partial charge in [-0.25, -0.2) is 0 Å². The number of hydrogen-bond donors (Lipinski definition) is 4. The lowest BCUT2D eigenvalue weighted by Crippen LogP contribution is -2.75. The molecule has 0 saturated heterocycles.